The van der Waals surface area contributed by atoms with Crippen LogP contribution in [0, 0.1) is 5.82 Å². The summed E-state index contributed by atoms with van der Waals surface area (Å²) in [6, 6.07) is 7.37. The summed E-state index contributed by atoms with van der Waals surface area (Å²) in [4.78, 5) is 11.1. The number of halogens is 1. The standard InChI is InChI=1S/C15H12FNO5S/c16-11-2-4-14(13(6-11)15(18)19)17-23(20,21)12-3-1-9-7-22-8-10(9)5-12/h1-6,17H,7-8H2,(H,18,19). The van der Waals surface area contributed by atoms with Crippen molar-refractivity contribution in [2.24, 2.45) is 0 Å². The molecule has 0 saturated carbocycles. The molecule has 6 nitrogen and oxygen atoms in total. The topological polar surface area (TPSA) is 92.7 Å². The normalized spacial score (nSPS) is 13.6. The Labute approximate surface area is 131 Å². The maximum Gasteiger partial charge on any atom is 0.337 e. The number of carboxylic acids is 1. The van der Waals surface area contributed by atoms with Crippen LogP contribution in [-0.4, -0.2) is 19.5 Å². The van der Waals surface area contributed by atoms with Crippen LogP contribution in [0.25, 0.3) is 0 Å². The molecule has 120 valence electrons. The number of benzene rings is 2. The van der Waals surface area contributed by atoms with Gasteiger partial charge in [0.15, 0.2) is 0 Å². The van der Waals surface area contributed by atoms with Crippen LogP contribution in [0.3, 0.4) is 0 Å². The molecule has 0 aliphatic carbocycles. The lowest BCUT2D eigenvalue weighted by Gasteiger charge is -2.11. The van der Waals surface area contributed by atoms with Crippen molar-refractivity contribution in [3.8, 4) is 0 Å². The molecule has 0 saturated heterocycles. The van der Waals surface area contributed by atoms with Gasteiger partial charge in [-0.1, -0.05) is 6.07 Å². The van der Waals surface area contributed by atoms with Gasteiger partial charge in [-0.15, -0.1) is 0 Å². The summed E-state index contributed by atoms with van der Waals surface area (Å²) in [7, 11) is -4.00. The molecule has 0 amide bonds. The number of carbonyl (C=O) groups is 1. The fourth-order valence-corrected chi connectivity index (χ4v) is 3.43. The minimum absolute atomic E-state index is 0.0117. The van der Waals surface area contributed by atoms with E-state index in [4.69, 9.17) is 9.84 Å². The molecule has 0 atom stereocenters. The third kappa shape index (κ3) is 3.03. The minimum Gasteiger partial charge on any atom is -0.478 e. The highest BCUT2D eigenvalue weighted by molar-refractivity contribution is 7.92. The van der Waals surface area contributed by atoms with Gasteiger partial charge in [0, 0.05) is 0 Å². The monoisotopic (exact) mass is 337 g/mol. The third-order valence-electron chi connectivity index (χ3n) is 3.46. The Kier molecular flexibility index (Phi) is 3.78. The Hall–Kier alpha value is -2.45. The van der Waals surface area contributed by atoms with E-state index in [-0.39, 0.29) is 10.6 Å². The first-order valence-electron chi connectivity index (χ1n) is 6.62. The van der Waals surface area contributed by atoms with Crippen molar-refractivity contribution in [2.75, 3.05) is 4.72 Å². The first-order chi connectivity index (χ1) is 10.9. The molecule has 0 radical (unpaired) electrons. The Morgan fingerprint density at radius 1 is 1.13 bits per heavy atom. The van der Waals surface area contributed by atoms with E-state index >= 15 is 0 Å². The average Bonchev–Trinajstić information content (AvgIpc) is 2.96. The van der Waals surface area contributed by atoms with Gasteiger partial charge in [0.1, 0.15) is 5.82 Å². The SMILES string of the molecule is O=C(O)c1cc(F)ccc1NS(=O)(=O)c1ccc2c(c1)COC2. The molecule has 1 aliphatic heterocycles. The molecule has 0 unspecified atom stereocenters. The molecule has 2 aromatic rings. The second-order valence-electron chi connectivity index (χ2n) is 5.02. The highest BCUT2D eigenvalue weighted by atomic mass is 32.2. The number of ether oxygens (including phenoxy) is 1. The first-order valence-corrected chi connectivity index (χ1v) is 8.10. The van der Waals surface area contributed by atoms with Crippen LogP contribution < -0.4 is 4.72 Å². The van der Waals surface area contributed by atoms with Crippen LogP contribution in [-0.2, 0) is 28.0 Å². The van der Waals surface area contributed by atoms with Crippen molar-refractivity contribution in [3.63, 3.8) is 0 Å². The molecule has 0 spiro atoms. The maximum absolute atomic E-state index is 13.2. The van der Waals surface area contributed by atoms with Gasteiger partial charge in [-0.2, -0.15) is 0 Å². The van der Waals surface area contributed by atoms with Crippen LogP contribution in [0.2, 0.25) is 0 Å². The minimum atomic E-state index is -4.00. The second kappa shape index (κ2) is 5.64. The number of fused-ring (bicyclic) bond motifs is 1. The number of carboxylic acid groups (broad SMARTS) is 1. The van der Waals surface area contributed by atoms with Gasteiger partial charge in [-0.3, -0.25) is 4.72 Å². The van der Waals surface area contributed by atoms with Gasteiger partial charge >= 0.3 is 5.97 Å². The molecule has 2 aromatic carbocycles. The lowest BCUT2D eigenvalue weighted by atomic mass is 10.1. The van der Waals surface area contributed by atoms with Crippen LogP contribution in [0.1, 0.15) is 21.5 Å². The number of hydrogen-bond acceptors (Lipinski definition) is 4. The van der Waals surface area contributed by atoms with Crippen molar-refractivity contribution in [1.82, 2.24) is 0 Å². The molecule has 1 heterocycles. The first kappa shape index (κ1) is 15.4. The Bertz CT molecular complexity index is 895. The fourth-order valence-electron chi connectivity index (χ4n) is 2.30. The Morgan fingerprint density at radius 2 is 1.87 bits per heavy atom. The molecular formula is C15H12FNO5S. The molecule has 8 heteroatoms. The highest BCUT2D eigenvalue weighted by Gasteiger charge is 2.21. The van der Waals surface area contributed by atoms with Gasteiger partial charge in [-0.25, -0.2) is 17.6 Å². The lowest BCUT2D eigenvalue weighted by molar-refractivity contribution is 0.0697. The van der Waals surface area contributed by atoms with Gasteiger partial charge < -0.3 is 9.84 Å². The van der Waals surface area contributed by atoms with E-state index < -0.39 is 27.4 Å². The lowest BCUT2D eigenvalue weighted by Crippen LogP contribution is -2.16. The zero-order chi connectivity index (χ0) is 16.6. The number of aromatic carboxylic acids is 1. The number of anilines is 1. The molecule has 1 aliphatic rings. The number of sulfonamides is 1. The number of nitrogens with one attached hydrogen (secondary N) is 1. The highest BCUT2D eigenvalue weighted by Crippen LogP contribution is 2.26. The van der Waals surface area contributed by atoms with E-state index in [1.54, 1.807) is 6.07 Å². The van der Waals surface area contributed by atoms with Crippen molar-refractivity contribution in [1.29, 1.82) is 0 Å². The molecule has 0 fully saturated rings. The van der Waals surface area contributed by atoms with E-state index in [1.807, 2.05) is 0 Å². The summed E-state index contributed by atoms with van der Waals surface area (Å²) in [6.45, 7) is 0.764. The van der Waals surface area contributed by atoms with Gasteiger partial charge in [-0.05, 0) is 41.5 Å². The Balaban J connectivity index is 1.97. The van der Waals surface area contributed by atoms with E-state index in [1.165, 1.54) is 12.1 Å². The zero-order valence-electron chi connectivity index (χ0n) is 11.7. The maximum atomic E-state index is 13.2. The largest absolute Gasteiger partial charge is 0.478 e. The number of rotatable bonds is 4. The third-order valence-corrected chi connectivity index (χ3v) is 4.82. The van der Waals surface area contributed by atoms with Crippen LogP contribution in [0.15, 0.2) is 41.3 Å². The van der Waals surface area contributed by atoms with Gasteiger partial charge in [0.2, 0.25) is 0 Å². The van der Waals surface area contributed by atoms with Gasteiger partial charge in [0.05, 0.1) is 29.4 Å². The van der Waals surface area contributed by atoms with E-state index in [2.05, 4.69) is 4.72 Å². The molecular weight excluding hydrogens is 325 g/mol. The predicted octanol–water partition coefficient (Wildman–Crippen LogP) is 2.35. The molecule has 2 N–H and O–H groups in total. The number of hydrogen-bond donors (Lipinski definition) is 2. The van der Waals surface area contributed by atoms with Crippen LogP contribution in [0.4, 0.5) is 10.1 Å². The summed E-state index contributed by atoms with van der Waals surface area (Å²) >= 11 is 0. The predicted molar refractivity (Wildman–Crippen MR) is 79.1 cm³/mol. The van der Waals surface area contributed by atoms with E-state index in [0.717, 1.165) is 29.3 Å². The van der Waals surface area contributed by atoms with Crippen LogP contribution >= 0.6 is 0 Å². The van der Waals surface area contributed by atoms with Crippen molar-refractivity contribution < 1.29 is 27.4 Å². The van der Waals surface area contributed by atoms with Crippen molar-refractivity contribution in [2.45, 2.75) is 18.1 Å². The summed E-state index contributed by atoms with van der Waals surface area (Å²) in [5.74, 6) is -2.19. The summed E-state index contributed by atoms with van der Waals surface area (Å²) in [5, 5.41) is 9.07. The molecule has 0 aromatic heterocycles. The van der Waals surface area contributed by atoms with E-state index in [9.17, 15) is 17.6 Å². The smallest absolute Gasteiger partial charge is 0.337 e. The van der Waals surface area contributed by atoms with Crippen LogP contribution in [0.5, 0.6) is 0 Å². The van der Waals surface area contributed by atoms with E-state index in [0.29, 0.717) is 13.2 Å². The summed E-state index contributed by atoms with van der Waals surface area (Å²) in [5.41, 5.74) is 1.02. The quantitative estimate of drug-likeness (QED) is 0.893. The second-order valence-corrected chi connectivity index (χ2v) is 6.71. The summed E-state index contributed by atoms with van der Waals surface area (Å²) in [6.07, 6.45) is 0. The molecule has 23 heavy (non-hydrogen) atoms. The average molecular weight is 337 g/mol. The molecule has 0 bridgehead atoms. The summed E-state index contributed by atoms with van der Waals surface area (Å²) < 4.78 is 45.4. The zero-order valence-corrected chi connectivity index (χ0v) is 12.6. The fraction of sp³-hybridized carbons (Fsp3) is 0.133. The van der Waals surface area contributed by atoms with Crippen molar-refractivity contribution >= 4 is 21.7 Å². The molecule has 3 rings (SSSR count). The Morgan fingerprint density at radius 3 is 2.61 bits per heavy atom. The van der Waals surface area contributed by atoms with Crippen molar-refractivity contribution in [3.05, 3.63) is 58.9 Å². The van der Waals surface area contributed by atoms with Gasteiger partial charge in [0.25, 0.3) is 10.0 Å².